The van der Waals surface area contributed by atoms with Crippen LogP contribution < -0.4 is 0 Å². The summed E-state index contributed by atoms with van der Waals surface area (Å²) in [6.07, 6.45) is 4.01. The van der Waals surface area contributed by atoms with Gasteiger partial charge in [-0.25, -0.2) is 0 Å². The summed E-state index contributed by atoms with van der Waals surface area (Å²) in [5.74, 6) is -0.0362. The van der Waals surface area contributed by atoms with E-state index < -0.39 is 10.8 Å². The average molecular weight is 247 g/mol. The maximum atomic E-state index is 12.4. The summed E-state index contributed by atoms with van der Waals surface area (Å²) < 4.78 is 12.4. The first kappa shape index (κ1) is 12.3. The molecule has 1 fully saturated rings. The second-order valence-electron chi connectivity index (χ2n) is 4.67. The summed E-state index contributed by atoms with van der Waals surface area (Å²) in [6, 6.07) is 10.1. The maximum absolute atomic E-state index is 12.4. The van der Waals surface area contributed by atoms with Gasteiger partial charge < -0.3 is 0 Å². The van der Waals surface area contributed by atoms with Crippen LogP contribution in [-0.4, -0.2) is 9.46 Å². The number of benzene rings is 1. The second-order valence-corrected chi connectivity index (χ2v) is 6.34. The van der Waals surface area contributed by atoms with E-state index in [4.69, 9.17) is 5.26 Å². The van der Waals surface area contributed by atoms with Crippen molar-refractivity contribution in [3.8, 4) is 6.07 Å². The van der Waals surface area contributed by atoms with Gasteiger partial charge in [0.15, 0.2) is 0 Å². The van der Waals surface area contributed by atoms with Crippen LogP contribution in [0.1, 0.15) is 31.2 Å². The van der Waals surface area contributed by atoms with Crippen LogP contribution in [-0.2, 0) is 10.8 Å². The molecule has 0 saturated heterocycles. The van der Waals surface area contributed by atoms with E-state index in [-0.39, 0.29) is 11.2 Å². The van der Waals surface area contributed by atoms with Crippen LogP contribution in [0.3, 0.4) is 0 Å². The first-order valence-corrected chi connectivity index (χ1v) is 7.30. The molecule has 0 amide bonds. The van der Waals surface area contributed by atoms with Gasteiger partial charge in [0.2, 0.25) is 0 Å². The Morgan fingerprint density at radius 2 is 1.88 bits per heavy atom. The normalized spacial score (nSPS) is 26.1. The summed E-state index contributed by atoms with van der Waals surface area (Å²) in [6.45, 7) is 2.02. The quantitative estimate of drug-likeness (QED) is 0.805. The zero-order valence-electron chi connectivity index (χ0n) is 10.1. The van der Waals surface area contributed by atoms with E-state index in [1.54, 1.807) is 0 Å². The highest BCUT2D eigenvalue weighted by Gasteiger charge is 2.30. The van der Waals surface area contributed by atoms with E-state index in [2.05, 4.69) is 6.07 Å². The minimum Gasteiger partial charge on any atom is -0.254 e. The van der Waals surface area contributed by atoms with Gasteiger partial charge in [-0.05, 0) is 31.9 Å². The number of rotatable bonds is 2. The summed E-state index contributed by atoms with van der Waals surface area (Å²) in [5.41, 5.74) is 1.17. The van der Waals surface area contributed by atoms with Crippen LogP contribution in [0.15, 0.2) is 29.2 Å². The van der Waals surface area contributed by atoms with Crippen molar-refractivity contribution in [3.63, 3.8) is 0 Å². The molecule has 1 saturated carbocycles. The minimum absolute atomic E-state index is 0.0245. The topological polar surface area (TPSA) is 40.9 Å². The van der Waals surface area contributed by atoms with Crippen molar-refractivity contribution < 1.29 is 4.21 Å². The molecule has 0 aliphatic heterocycles. The van der Waals surface area contributed by atoms with Crippen LogP contribution in [0, 0.1) is 24.2 Å². The molecule has 2 rings (SSSR count). The molecule has 17 heavy (non-hydrogen) atoms. The third kappa shape index (κ3) is 2.76. The summed E-state index contributed by atoms with van der Waals surface area (Å²) in [4.78, 5) is 0.864. The molecule has 0 bridgehead atoms. The third-order valence-corrected chi connectivity index (χ3v) is 5.25. The van der Waals surface area contributed by atoms with Crippen molar-refractivity contribution in [2.45, 2.75) is 42.8 Å². The zero-order valence-corrected chi connectivity index (χ0v) is 10.9. The number of nitrogens with zero attached hydrogens (tertiary/aromatic N) is 1. The van der Waals surface area contributed by atoms with E-state index in [0.29, 0.717) is 0 Å². The highest BCUT2D eigenvalue weighted by atomic mass is 32.2. The Balaban J connectivity index is 2.18. The molecule has 0 radical (unpaired) electrons. The molecule has 2 nitrogen and oxygen atoms in total. The number of hydrogen-bond donors (Lipinski definition) is 0. The van der Waals surface area contributed by atoms with Gasteiger partial charge >= 0.3 is 0 Å². The predicted molar refractivity (Wildman–Crippen MR) is 68.9 cm³/mol. The fraction of sp³-hybridized carbons (Fsp3) is 0.500. The highest BCUT2D eigenvalue weighted by molar-refractivity contribution is 7.85. The van der Waals surface area contributed by atoms with Crippen molar-refractivity contribution >= 4 is 10.8 Å². The second kappa shape index (κ2) is 5.46. The van der Waals surface area contributed by atoms with Crippen LogP contribution >= 0.6 is 0 Å². The Hall–Kier alpha value is -1.14. The molecule has 1 aliphatic carbocycles. The first-order chi connectivity index (χ1) is 8.22. The molecule has 3 atom stereocenters. The van der Waals surface area contributed by atoms with Gasteiger partial charge in [-0.3, -0.25) is 4.21 Å². The molecular formula is C14H17NOS. The molecule has 1 aromatic carbocycles. The standard InChI is InChI=1S/C14H17NOS/c1-11-6-8-13(9-7-11)17(16)14-5-3-2-4-12(14)10-15/h6-9,12,14H,2-5H2,1H3. The molecule has 1 aromatic rings. The summed E-state index contributed by atoms with van der Waals surface area (Å²) in [7, 11) is -1.03. The first-order valence-electron chi connectivity index (χ1n) is 6.09. The highest BCUT2D eigenvalue weighted by Crippen LogP contribution is 2.30. The lowest BCUT2D eigenvalue weighted by Gasteiger charge is -2.25. The molecule has 1 aliphatic rings. The van der Waals surface area contributed by atoms with E-state index >= 15 is 0 Å². The van der Waals surface area contributed by atoms with E-state index in [1.165, 1.54) is 5.56 Å². The Morgan fingerprint density at radius 1 is 1.24 bits per heavy atom. The van der Waals surface area contributed by atoms with Gasteiger partial charge in [0.05, 0.1) is 28.0 Å². The van der Waals surface area contributed by atoms with Crippen molar-refractivity contribution in [2.75, 3.05) is 0 Å². The number of nitriles is 1. The van der Waals surface area contributed by atoms with Gasteiger partial charge in [0.25, 0.3) is 0 Å². The van der Waals surface area contributed by atoms with E-state index in [9.17, 15) is 4.21 Å². The molecular weight excluding hydrogens is 230 g/mol. The van der Waals surface area contributed by atoms with Crippen LogP contribution in [0.4, 0.5) is 0 Å². The fourth-order valence-corrected chi connectivity index (χ4v) is 3.98. The molecule has 3 unspecified atom stereocenters. The summed E-state index contributed by atoms with van der Waals surface area (Å²) >= 11 is 0. The van der Waals surface area contributed by atoms with E-state index in [1.807, 2.05) is 31.2 Å². The maximum Gasteiger partial charge on any atom is 0.0668 e. The molecule has 0 spiro atoms. The molecule has 90 valence electrons. The Morgan fingerprint density at radius 3 is 2.53 bits per heavy atom. The van der Waals surface area contributed by atoms with Crippen LogP contribution in [0.2, 0.25) is 0 Å². The fourth-order valence-electron chi connectivity index (χ4n) is 2.35. The lowest BCUT2D eigenvalue weighted by atomic mass is 9.90. The molecule has 0 heterocycles. The third-order valence-electron chi connectivity index (χ3n) is 3.40. The molecule has 0 aromatic heterocycles. The van der Waals surface area contributed by atoms with Crippen molar-refractivity contribution in [3.05, 3.63) is 29.8 Å². The van der Waals surface area contributed by atoms with Gasteiger partial charge in [-0.2, -0.15) is 5.26 Å². The van der Waals surface area contributed by atoms with Gasteiger partial charge in [-0.1, -0.05) is 30.5 Å². The van der Waals surface area contributed by atoms with Crippen molar-refractivity contribution in [1.82, 2.24) is 0 Å². The smallest absolute Gasteiger partial charge is 0.0668 e. The van der Waals surface area contributed by atoms with Gasteiger partial charge in [0.1, 0.15) is 0 Å². The lowest BCUT2D eigenvalue weighted by Crippen LogP contribution is -2.28. The number of hydrogen-bond acceptors (Lipinski definition) is 2. The van der Waals surface area contributed by atoms with Crippen molar-refractivity contribution in [1.29, 1.82) is 5.26 Å². The van der Waals surface area contributed by atoms with Gasteiger partial charge in [0, 0.05) is 4.90 Å². The number of aryl methyl sites for hydroxylation is 1. The van der Waals surface area contributed by atoms with Crippen molar-refractivity contribution in [2.24, 2.45) is 5.92 Å². The SMILES string of the molecule is Cc1ccc(S(=O)C2CCCCC2C#N)cc1. The summed E-state index contributed by atoms with van der Waals surface area (Å²) in [5, 5.41) is 9.14. The van der Waals surface area contributed by atoms with E-state index in [0.717, 1.165) is 30.6 Å². The molecule has 0 N–H and O–H groups in total. The van der Waals surface area contributed by atoms with Crippen LogP contribution in [0.25, 0.3) is 0 Å². The van der Waals surface area contributed by atoms with Crippen LogP contribution in [0.5, 0.6) is 0 Å². The zero-order chi connectivity index (χ0) is 12.3. The Kier molecular flexibility index (Phi) is 3.96. The predicted octanol–water partition coefficient (Wildman–Crippen LogP) is 3.19. The monoisotopic (exact) mass is 247 g/mol. The Labute approximate surface area is 105 Å². The lowest BCUT2D eigenvalue weighted by molar-refractivity contribution is 0.431. The average Bonchev–Trinajstić information content (AvgIpc) is 2.39. The molecule has 3 heteroatoms. The Bertz CT molecular complexity index is 446. The largest absolute Gasteiger partial charge is 0.254 e. The minimum atomic E-state index is -1.03. The van der Waals surface area contributed by atoms with Gasteiger partial charge in [-0.15, -0.1) is 0 Å².